The molecule has 2 amide bonds. The SMILES string of the molecule is C=NC(C/C(=C\C)C(=O)NCC(=O)N1CCC[C@H]1C#N)c1ccc(C#N)cc1. The average Bonchev–Trinajstić information content (AvgIpc) is 3.22. The number of hydrogen-bond acceptors (Lipinski definition) is 5. The van der Waals surface area contributed by atoms with Gasteiger partial charge < -0.3 is 10.2 Å². The van der Waals surface area contributed by atoms with Gasteiger partial charge in [-0.25, -0.2) is 0 Å². The summed E-state index contributed by atoms with van der Waals surface area (Å²) in [4.78, 5) is 30.4. The van der Waals surface area contributed by atoms with Crippen LogP contribution in [0.2, 0.25) is 0 Å². The van der Waals surface area contributed by atoms with E-state index < -0.39 is 6.04 Å². The molecular weight excluding hydrogens is 354 g/mol. The van der Waals surface area contributed by atoms with Crippen molar-refractivity contribution in [1.29, 1.82) is 10.5 Å². The van der Waals surface area contributed by atoms with Gasteiger partial charge in [0.05, 0.1) is 30.3 Å². The number of amides is 2. The second kappa shape index (κ2) is 10.0. The van der Waals surface area contributed by atoms with E-state index in [4.69, 9.17) is 10.5 Å². The number of allylic oxidation sites excluding steroid dienone is 1. The first kappa shape index (κ1) is 20.9. The first-order valence-electron chi connectivity index (χ1n) is 9.12. The average molecular weight is 377 g/mol. The third-order valence-corrected chi connectivity index (χ3v) is 4.82. The number of hydrogen-bond donors (Lipinski definition) is 1. The Morgan fingerprint density at radius 1 is 1.39 bits per heavy atom. The van der Waals surface area contributed by atoms with E-state index in [1.807, 2.05) is 0 Å². The van der Waals surface area contributed by atoms with E-state index >= 15 is 0 Å². The topological polar surface area (TPSA) is 109 Å². The molecule has 1 fully saturated rings. The second-order valence-corrected chi connectivity index (χ2v) is 6.51. The summed E-state index contributed by atoms with van der Waals surface area (Å²) in [5.74, 6) is -0.593. The molecule has 0 bridgehead atoms. The second-order valence-electron chi connectivity index (χ2n) is 6.51. The molecule has 1 N–H and O–H groups in total. The first-order valence-corrected chi connectivity index (χ1v) is 9.12. The van der Waals surface area contributed by atoms with E-state index in [1.54, 1.807) is 37.3 Å². The van der Waals surface area contributed by atoms with Crippen molar-refractivity contribution in [1.82, 2.24) is 10.2 Å². The number of carbonyl (C=O) groups excluding carboxylic acids is 2. The normalized spacial score (nSPS) is 17.3. The smallest absolute Gasteiger partial charge is 0.247 e. The molecule has 1 aromatic carbocycles. The predicted molar refractivity (Wildman–Crippen MR) is 105 cm³/mol. The van der Waals surface area contributed by atoms with E-state index in [1.165, 1.54) is 4.90 Å². The molecule has 7 nitrogen and oxygen atoms in total. The van der Waals surface area contributed by atoms with Gasteiger partial charge in [0.2, 0.25) is 11.8 Å². The van der Waals surface area contributed by atoms with Gasteiger partial charge in [-0.15, -0.1) is 0 Å². The van der Waals surface area contributed by atoms with Crippen LogP contribution in [-0.2, 0) is 9.59 Å². The Morgan fingerprint density at radius 2 is 2.11 bits per heavy atom. The minimum Gasteiger partial charge on any atom is -0.343 e. The fourth-order valence-corrected chi connectivity index (χ4v) is 3.19. The van der Waals surface area contributed by atoms with Gasteiger partial charge in [0.15, 0.2) is 0 Å². The highest BCUT2D eigenvalue weighted by Gasteiger charge is 2.28. The summed E-state index contributed by atoms with van der Waals surface area (Å²) >= 11 is 0. The fraction of sp³-hybridized carbons (Fsp3) is 0.381. The summed E-state index contributed by atoms with van der Waals surface area (Å²) in [6.07, 6.45) is 3.49. The zero-order chi connectivity index (χ0) is 20.5. The molecule has 2 rings (SSSR count). The Kier molecular flexibility index (Phi) is 7.47. The number of nitrogens with one attached hydrogen (secondary N) is 1. The molecule has 1 heterocycles. The number of benzene rings is 1. The van der Waals surface area contributed by atoms with Crippen molar-refractivity contribution in [2.24, 2.45) is 4.99 Å². The predicted octanol–water partition coefficient (Wildman–Crippen LogP) is 2.27. The molecule has 0 saturated carbocycles. The van der Waals surface area contributed by atoms with E-state index in [9.17, 15) is 9.59 Å². The summed E-state index contributed by atoms with van der Waals surface area (Å²) in [5, 5.41) is 20.6. The zero-order valence-corrected chi connectivity index (χ0v) is 15.9. The Morgan fingerprint density at radius 3 is 2.68 bits per heavy atom. The van der Waals surface area contributed by atoms with Crippen LogP contribution in [0.4, 0.5) is 0 Å². The molecule has 1 unspecified atom stereocenters. The van der Waals surface area contributed by atoms with Gasteiger partial charge in [-0.05, 0) is 44.2 Å². The van der Waals surface area contributed by atoms with Crippen molar-refractivity contribution in [2.75, 3.05) is 13.1 Å². The molecule has 1 aliphatic heterocycles. The van der Waals surface area contributed by atoms with Gasteiger partial charge in [-0.3, -0.25) is 14.6 Å². The first-order chi connectivity index (χ1) is 13.5. The van der Waals surface area contributed by atoms with Gasteiger partial charge in [-0.2, -0.15) is 10.5 Å². The minimum atomic E-state index is -0.406. The fourth-order valence-electron chi connectivity index (χ4n) is 3.19. The van der Waals surface area contributed by atoms with Crippen LogP contribution in [0, 0.1) is 22.7 Å². The maximum atomic E-state index is 12.5. The van der Waals surface area contributed by atoms with Crippen LogP contribution in [0.25, 0.3) is 0 Å². The van der Waals surface area contributed by atoms with Crippen molar-refractivity contribution in [2.45, 2.75) is 38.3 Å². The third-order valence-electron chi connectivity index (χ3n) is 4.82. The highest BCUT2D eigenvalue weighted by molar-refractivity contribution is 5.96. The van der Waals surface area contributed by atoms with E-state index in [0.717, 1.165) is 12.0 Å². The lowest BCUT2D eigenvalue weighted by atomic mass is 9.98. The molecule has 28 heavy (non-hydrogen) atoms. The molecule has 0 radical (unpaired) electrons. The van der Waals surface area contributed by atoms with Crippen LogP contribution in [-0.4, -0.2) is 42.6 Å². The molecule has 0 aromatic heterocycles. The van der Waals surface area contributed by atoms with Crippen LogP contribution in [0.15, 0.2) is 40.9 Å². The molecule has 1 saturated heterocycles. The third kappa shape index (κ3) is 5.05. The van der Waals surface area contributed by atoms with Gasteiger partial charge >= 0.3 is 0 Å². The zero-order valence-electron chi connectivity index (χ0n) is 15.9. The lowest BCUT2D eigenvalue weighted by Crippen LogP contribution is -2.42. The van der Waals surface area contributed by atoms with Gasteiger partial charge in [0.25, 0.3) is 0 Å². The van der Waals surface area contributed by atoms with Crippen molar-refractivity contribution in [3.8, 4) is 12.1 Å². The maximum Gasteiger partial charge on any atom is 0.247 e. The van der Waals surface area contributed by atoms with E-state index in [-0.39, 0.29) is 24.4 Å². The van der Waals surface area contributed by atoms with Crippen LogP contribution in [0.5, 0.6) is 0 Å². The number of carbonyl (C=O) groups is 2. The van der Waals surface area contributed by atoms with Crippen molar-refractivity contribution in [3.63, 3.8) is 0 Å². The Labute approximate surface area is 165 Å². The lowest BCUT2D eigenvalue weighted by molar-refractivity contribution is -0.132. The highest BCUT2D eigenvalue weighted by Crippen LogP contribution is 2.25. The monoisotopic (exact) mass is 377 g/mol. The molecule has 7 heteroatoms. The van der Waals surface area contributed by atoms with Gasteiger partial charge in [0.1, 0.15) is 6.04 Å². The van der Waals surface area contributed by atoms with Crippen LogP contribution in [0.3, 0.4) is 0 Å². The molecule has 0 spiro atoms. The number of rotatable bonds is 7. The molecule has 144 valence electrons. The van der Waals surface area contributed by atoms with Crippen molar-refractivity contribution < 1.29 is 9.59 Å². The summed E-state index contributed by atoms with van der Waals surface area (Å²) < 4.78 is 0. The molecule has 0 aliphatic carbocycles. The van der Waals surface area contributed by atoms with E-state index in [2.05, 4.69) is 29.2 Å². The standard InChI is InChI=1S/C21H23N5O2/c1-3-16(11-19(24-2)17-8-6-15(12-22)7-9-17)21(28)25-14-20(27)26-10-4-5-18(26)13-23/h3,6-9,18-19H,2,4-5,10-11,14H2,1H3,(H,25,28)/b16-3+/t18-,19?/m0/s1. The molecule has 2 atom stereocenters. The lowest BCUT2D eigenvalue weighted by Gasteiger charge is -2.20. The maximum absolute atomic E-state index is 12.5. The summed E-state index contributed by atoms with van der Waals surface area (Å²) in [6.45, 7) is 5.76. The number of nitriles is 2. The molecule has 1 aromatic rings. The minimum absolute atomic E-state index is 0.141. The Bertz CT molecular complexity index is 845. The molecule has 1 aliphatic rings. The van der Waals surface area contributed by atoms with Crippen molar-refractivity contribution in [3.05, 3.63) is 47.0 Å². The van der Waals surface area contributed by atoms with Gasteiger partial charge in [0, 0.05) is 18.5 Å². The number of nitrogens with zero attached hydrogens (tertiary/aromatic N) is 4. The Hall–Kier alpha value is -3.45. The van der Waals surface area contributed by atoms with Gasteiger partial charge in [-0.1, -0.05) is 18.2 Å². The summed E-state index contributed by atoms with van der Waals surface area (Å²) in [5.41, 5.74) is 1.89. The van der Waals surface area contributed by atoms with E-state index in [0.29, 0.717) is 30.5 Å². The summed E-state index contributed by atoms with van der Waals surface area (Å²) in [6, 6.07) is 10.4. The quantitative estimate of drug-likeness (QED) is 0.580. The van der Waals surface area contributed by atoms with Crippen LogP contribution >= 0.6 is 0 Å². The largest absolute Gasteiger partial charge is 0.343 e. The number of likely N-dealkylation sites (tertiary alicyclic amines) is 1. The Balaban J connectivity index is 1.96. The van der Waals surface area contributed by atoms with Crippen LogP contribution < -0.4 is 5.32 Å². The molecular formula is C21H23N5O2. The number of aliphatic imine (C=N–C) groups is 1. The summed E-state index contributed by atoms with van der Waals surface area (Å²) in [7, 11) is 0. The van der Waals surface area contributed by atoms with Crippen LogP contribution in [0.1, 0.15) is 43.4 Å². The highest BCUT2D eigenvalue weighted by atomic mass is 16.2. The van der Waals surface area contributed by atoms with Crippen molar-refractivity contribution >= 4 is 18.5 Å².